The number of tetrazole rings is 1. The second-order valence-electron chi connectivity index (χ2n) is 5.76. The predicted octanol–water partition coefficient (Wildman–Crippen LogP) is 0.763. The molecular formula is C17H19ClN5O2+. The highest BCUT2D eigenvalue weighted by Crippen LogP contribution is 2.16. The quantitative estimate of drug-likeness (QED) is 0.705. The number of methoxy groups -OCH3 is 1. The van der Waals surface area contributed by atoms with E-state index in [1.165, 1.54) is 9.36 Å². The van der Waals surface area contributed by atoms with Crippen LogP contribution in [-0.4, -0.2) is 33.9 Å². The van der Waals surface area contributed by atoms with Crippen LogP contribution in [0.2, 0.25) is 5.02 Å². The number of quaternary nitrogens is 1. The topological polar surface area (TPSA) is 66.4 Å². The van der Waals surface area contributed by atoms with Gasteiger partial charge in [0.25, 0.3) is 0 Å². The van der Waals surface area contributed by atoms with Gasteiger partial charge in [-0.3, -0.25) is 0 Å². The van der Waals surface area contributed by atoms with E-state index in [0.29, 0.717) is 17.4 Å². The summed E-state index contributed by atoms with van der Waals surface area (Å²) in [5, 5.41) is 8.35. The van der Waals surface area contributed by atoms with Crippen LogP contribution in [0.4, 0.5) is 0 Å². The smallest absolute Gasteiger partial charge is 0.373 e. The fourth-order valence-corrected chi connectivity index (χ4v) is 2.77. The van der Waals surface area contributed by atoms with Crippen LogP contribution in [0.3, 0.4) is 0 Å². The van der Waals surface area contributed by atoms with Gasteiger partial charge in [0.1, 0.15) is 12.3 Å². The van der Waals surface area contributed by atoms with Gasteiger partial charge in [-0.15, -0.1) is 4.68 Å². The lowest BCUT2D eigenvalue weighted by atomic mass is 10.2. The number of halogens is 1. The van der Waals surface area contributed by atoms with E-state index in [1.54, 1.807) is 31.4 Å². The first-order valence-electron chi connectivity index (χ1n) is 7.80. The third-order valence-corrected chi connectivity index (χ3v) is 4.12. The number of aromatic nitrogens is 4. The number of hydrogen-bond acceptors (Lipinski definition) is 4. The minimum absolute atomic E-state index is 0.317. The van der Waals surface area contributed by atoms with Crippen molar-refractivity contribution in [2.75, 3.05) is 14.2 Å². The zero-order chi connectivity index (χ0) is 17.8. The number of benzene rings is 2. The van der Waals surface area contributed by atoms with E-state index < -0.39 is 0 Å². The molecule has 1 unspecified atom stereocenters. The number of nitrogens with zero attached hydrogens (tertiary/aromatic N) is 4. The molecule has 0 fully saturated rings. The summed E-state index contributed by atoms with van der Waals surface area (Å²) in [7, 11) is 3.63. The van der Waals surface area contributed by atoms with Crippen molar-refractivity contribution in [3.63, 3.8) is 0 Å². The molecule has 3 aromatic rings. The summed E-state index contributed by atoms with van der Waals surface area (Å²) < 4.78 is 7.70. The van der Waals surface area contributed by atoms with Crippen molar-refractivity contribution in [1.82, 2.24) is 19.8 Å². The third-order valence-electron chi connectivity index (χ3n) is 3.80. The largest absolute Gasteiger partial charge is 0.497 e. The lowest BCUT2D eigenvalue weighted by molar-refractivity contribution is -0.917. The first-order chi connectivity index (χ1) is 12.1. The molecule has 0 aliphatic rings. The molecule has 0 aliphatic carbocycles. The molecule has 25 heavy (non-hydrogen) atoms. The predicted molar refractivity (Wildman–Crippen MR) is 94.2 cm³/mol. The first-order valence-corrected chi connectivity index (χ1v) is 8.18. The number of nitrogens with one attached hydrogen (secondary N) is 1. The van der Waals surface area contributed by atoms with Crippen molar-refractivity contribution < 1.29 is 9.64 Å². The molecule has 1 heterocycles. The van der Waals surface area contributed by atoms with E-state index in [4.69, 9.17) is 16.3 Å². The van der Waals surface area contributed by atoms with Gasteiger partial charge in [0, 0.05) is 5.56 Å². The molecule has 1 N–H and O–H groups in total. The van der Waals surface area contributed by atoms with E-state index in [0.717, 1.165) is 22.8 Å². The molecule has 0 bridgehead atoms. The average Bonchev–Trinajstić information content (AvgIpc) is 2.96. The lowest BCUT2D eigenvalue weighted by Crippen LogP contribution is -3.07. The monoisotopic (exact) mass is 360 g/mol. The van der Waals surface area contributed by atoms with Gasteiger partial charge in [-0.25, -0.2) is 4.79 Å². The second-order valence-corrected chi connectivity index (χ2v) is 6.17. The molecule has 0 aliphatic heterocycles. The number of hydrogen-bond donors (Lipinski definition) is 1. The van der Waals surface area contributed by atoms with Crippen molar-refractivity contribution in [2.45, 2.75) is 13.2 Å². The Hall–Kier alpha value is -2.64. The highest BCUT2D eigenvalue weighted by Gasteiger charge is 2.14. The molecule has 2 aromatic carbocycles. The van der Waals surface area contributed by atoms with Gasteiger partial charge in [0.15, 0.2) is 6.67 Å². The van der Waals surface area contributed by atoms with Gasteiger partial charge in [0.2, 0.25) is 0 Å². The highest BCUT2D eigenvalue weighted by atomic mass is 35.5. The Balaban J connectivity index is 1.73. The number of para-hydroxylation sites is 1. The zero-order valence-corrected chi connectivity index (χ0v) is 14.8. The standard InChI is InChI=1S/C17H18ClN5O2/c1-21(11-13-7-9-14(25-2)10-8-13)12-22-17(24)23(20-19-22)16-6-4-3-5-15(16)18/h3-10H,11-12H2,1-2H3/p+1. The second kappa shape index (κ2) is 7.50. The van der Waals surface area contributed by atoms with Gasteiger partial charge in [-0.05, 0) is 46.8 Å². The summed E-state index contributed by atoms with van der Waals surface area (Å²) in [6.07, 6.45) is 0. The third kappa shape index (κ3) is 3.89. The maximum absolute atomic E-state index is 12.5. The van der Waals surface area contributed by atoms with E-state index in [2.05, 4.69) is 10.4 Å². The van der Waals surface area contributed by atoms with Gasteiger partial charge in [-0.2, -0.15) is 4.68 Å². The molecule has 0 spiro atoms. The van der Waals surface area contributed by atoms with Crippen molar-refractivity contribution in [3.05, 3.63) is 69.6 Å². The van der Waals surface area contributed by atoms with Crippen LogP contribution < -0.4 is 15.3 Å². The number of rotatable bonds is 6. The van der Waals surface area contributed by atoms with Crippen LogP contribution in [-0.2, 0) is 13.2 Å². The Morgan fingerprint density at radius 1 is 1.12 bits per heavy atom. The van der Waals surface area contributed by atoms with Crippen LogP contribution in [0.1, 0.15) is 5.56 Å². The molecule has 3 rings (SSSR count). The van der Waals surface area contributed by atoms with Crippen LogP contribution in [0.25, 0.3) is 5.69 Å². The van der Waals surface area contributed by atoms with Crippen molar-refractivity contribution in [3.8, 4) is 11.4 Å². The summed E-state index contributed by atoms with van der Waals surface area (Å²) in [5.74, 6) is 0.820. The van der Waals surface area contributed by atoms with Crippen molar-refractivity contribution in [2.24, 2.45) is 0 Å². The minimum Gasteiger partial charge on any atom is -0.497 e. The molecule has 0 saturated carbocycles. The first kappa shape index (κ1) is 17.2. The van der Waals surface area contributed by atoms with Crippen molar-refractivity contribution >= 4 is 11.6 Å². The van der Waals surface area contributed by atoms with Crippen LogP contribution in [0, 0.1) is 0 Å². The molecule has 7 nitrogen and oxygen atoms in total. The summed E-state index contributed by atoms with van der Waals surface area (Å²) >= 11 is 6.13. The molecule has 8 heteroatoms. The Labute approximate surface area is 150 Å². The maximum Gasteiger partial charge on any atom is 0.373 e. The van der Waals surface area contributed by atoms with Gasteiger partial charge < -0.3 is 9.64 Å². The van der Waals surface area contributed by atoms with Gasteiger partial charge in [-0.1, -0.05) is 23.7 Å². The van der Waals surface area contributed by atoms with Crippen LogP contribution in [0.15, 0.2) is 53.3 Å². The van der Waals surface area contributed by atoms with E-state index in [-0.39, 0.29) is 5.69 Å². The SMILES string of the molecule is COc1ccc(C[NH+](C)Cn2nnn(-c3ccccc3Cl)c2=O)cc1. The Bertz CT molecular complexity index is 904. The maximum atomic E-state index is 12.5. The molecule has 1 aromatic heterocycles. The molecule has 130 valence electrons. The normalized spacial score (nSPS) is 12.1. The summed E-state index contributed by atoms with van der Waals surface area (Å²) in [6, 6.07) is 14.9. The fourth-order valence-electron chi connectivity index (χ4n) is 2.55. The highest BCUT2D eigenvalue weighted by molar-refractivity contribution is 6.32. The number of ether oxygens (including phenoxy) is 1. The van der Waals surface area contributed by atoms with Crippen LogP contribution in [0.5, 0.6) is 5.75 Å². The zero-order valence-electron chi connectivity index (χ0n) is 14.0. The van der Waals surface area contributed by atoms with E-state index >= 15 is 0 Å². The van der Waals surface area contributed by atoms with E-state index in [9.17, 15) is 4.79 Å². The summed E-state index contributed by atoms with van der Waals surface area (Å²) in [6.45, 7) is 1.14. The van der Waals surface area contributed by atoms with E-state index in [1.807, 2.05) is 31.3 Å². The summed E-state index contributed by atoms with van der Waals surface area (Å²) in [4.78, 5) is 13.6. The Kier molecular flexibility index (Phi) is 5.16. The lowest BCUT2D eigenvalue weighted by Gasteiger charge is -2.13. The Morgan fingerprint density at radius 2 is 1.84 bits per heavy atom. The fraction of sp³-hybridized carbons (Fsp3) is 0.235. The molecule has 0 saturated heterocycles. The van der Waals surface area contributed by atoms with Crippen LogP contribution >= 0.6 is 11.6 Å². The van der Waals surface area contributed by atoms with Crippen molar-refractivity contribution in [1.29, 1.82) is 0 Å². The molecule has 1 atom stereocenters. The summed E-state index contributed by atoms with van der Waals surface area (Å²) in [5.41, 5.74) is 1.35. The Morgan fingerprint density at radius 3 is 2.52 bits per heavy atom. The molecule has 0 radical (unpaired) electrons. The minimum atomic E-state index is -0.317. The molecule has 0 amide bonds. The van der Waals surface area contributed by atoms with Gasteiger partial charge >= 0.3 is 5.69 Å². The molecular weight excluding hydrogens is 342 g/mol. The van der Waals surface area contributed by atoms with Gasteiger partial charge in [0.05, 0.1) is 24.9 Å². The average molecular weight is 361 g/mol.